The van der Waals surface area contributed by atoms with Crippen LogP contribution in [0.2, 0.25) is 0 Å². The second-order valence-electron chi connectivity index (χ2n) is 3.87. The van der Waals surface area contributed by atoms with Crippen LogP contribution in [-0.2, 0) is 23.6 Å². The summed E-state index contributed by atoms with van der Waals surface area (Å²) in [5.74, 6) is -0.332. The molecule has 0 radical (unpaired) electrons. The van der Waals surface area contributed by atoms with Crippen molar-refractivity contribution in [3.63, 3.8) is 0 Å². The molecule has 0 saturated carbocycles. The summed E-state index contributed by atoms with van der Waals surface area (Å²) in [6.45, 7) is -0.0369. The third kappa shape index (κ3) is 2.88. The maximum Gasteiger partial charge on any atom is 0.241 e. The molecular formula is C10H12FN5O2S. The van der Waals surface area contributed by atoms with Gasteiger partial charge in [-0.2, -0.15) is 0 Å². The quantitative estimate of drug-likeness (QED) is 0.771. The molecule has 1 heterocycles. The van der Waals surface area contributed by atoms with E-state index in [1.807, 2.05) is 0 Å². The van der Waals surface area contributed by atoms with Crippen molar-refractivity contribution in [2.24, 2.45) is 7.05 Å². The monoisotopic (exact) mass is 285 g/mol. The zero-order valence-electron chi connectivity index (χ0n) is 10.0. The summed E-state index contributed by atoms with van der Waals surface area (Å²) >= 11 is 0. The van der Waals surface area contributed by atoms with Gasteiger partial charge in [0.1, 0.15) is 18.0 Å². The Morgan fingerprint density at radius 2 is 2.21 bits per heavy atom. The number of aryl methyl sites for hydroxylation is 1. The first kappa shape index (κ1) is 13.4. The van der Waals surface area contributed by atoms with Crippen molar-refractivity contribution < 1.29 is 12.8 Å². The average Bonchev–Trinajstić information content (AvgIpc) is 2.76. The van der Waals surface area contributed by atoms with Crippen molar-refractivity contribution in [3.8, 4) is 0 Å². The number of nitrogens with one attached hydrogen (secondary N) is 1. The number of aromatic nitrogens is 3. The zero-order valence-corrected chi connectivity index (χ0v) is 10.9. The lowest BCUT2D eigenvalue weighted by Gasteiger charge is -2.07. The Morgan fingerprint density at radius 1 is 1.47 bits per heavy atom. The SMILES string of the molecule is Cn1cnnc1CNS(=O)(=O)c1ccc(N)c(F)c1. The summed E-state index contributed by atoms with van der Waals surface area (Å²) in [6.07, 6.45) is 1.45. The number of rotatable bonds is 4. The van der Waals surface area contributed by atoms with Crippen molar-refractivity contribution in [1.82, 2.24) is 19.5 Å². The van der Waals surface area contributed by atoms with Crippen molar-refractivity contribution in [2.45, 2.75) is 11.4 Å². The molecule has 102 valence electrons. The van der Waals surface area contributed by atoms with E-state index in [-0.39, 0.29) is 17.1 Å². The van der Waals surface area contributed by atoms with Gasteiger partial charge in [0.15, 0.2) is 0 Å². The van der Waals surface area contributed by atoms with Gasteiger partial charge < -0.3 is 10.3 Å². The lowest BCUT2D eigenvalue weighted by Crippen LogP contribution is -2.25. The van der Waals surface area contributed by atoms with E-state index < -0.39 is 15.8 Å². The minimum Gasteiger partial charge on any atom is -0.396 e. The standard InChI is InChI=1S/C10H12FN5O2S/c1-16-6-13-15-10(16)5-14-19(17,18)7-2-3-9(12)8(11)4-7/h2-4,6,14H,5,12H2,1H3. The topological polar surface area (TPSA) is 103 Å². The molecule has 2 rings (SSSR count). The van der Waals surface area contributed by atoms with Gasteiger partial charge in [-0.3, -0.25) is 0 Å². The van der Waals surface area contributed by atoms with E-state index in [4.69, 9.17) is 5.73 Å². The lowest BCUT2D eigenvalue weighted by molar-refractivity contribution is 0.574. The largest absolute Gasteiger partial charge is 0.396 e. The normalized spacial score (nSPS) is 11.7. The van der Waals surface area contributed by atoms with Crippen LogP contribution in [0.3, 0.4) is 0 Å². The number of halogens is 1. The summed E-state index contributed by atoms with van der Waals surface area (Å²) < 4.78 is 41.0. The first-order chi connectivity index (χ1) is 8.90. The van der Waals surface area contributed by atoms with E-state index in [1.54, 1.807) is 11.6 Å². The highest BCUT2D eigenvalue weighted by Gasteiger charge is 2.16. The molecule has 2 aromatic rings. The number of sulfonamides is 1. The molecule has 1 aromatic carbocycles. The maximum absolute atomic E-state index is 13.2. The van der Waals surface area contributed by atoms with E-state index in [2.05, 4.69) is 14.9 Å². The van der Waals surface area contributed by atoms with Crippen LogP contribution in [0.1, 0.15) is 5.82 Å². The van der Waals surface area contributed by atoms with Gasteiger partial charge >= 0.3 is 0 Å². The molecule has 0 atom stereocenters. The van der Waals surface area contributed by atoms with Crippen LogP contribution < -0.4 is 10.5 Å². The predicted molar refractivity (Wildman–Crippen MR) is 65.8 cm³/mol. The fourth-order valence-electron chi connectivity index (χ4n) is 1.39. The molecule has 9 heteroatoms. The Bertz CT molecular complexity index is 698. The molecule has 1 aromatic heterocycles. The fourth-order valence-corrected chi connectivity index (χ4v) is 2.38. The summed E-state index contributed by atoms with van der Waals surface area (Å²) in [5.41, 5.74) is 5.19. The van der Waals surface area contributed by atoms with Gasteiger partial charge in [-0.25, -0.2) is 17.5 Å². The van der Waals surface area contributed by atoms with Crippen LogP contribution in [0.15, 0.2) is 29.4 Å². The Morgan fingerprint density at radius 3 is 2.79 bits per heavy atom. The molecule has 0 bridgehead atoms. The Labute approximate surface area is 109 Å². The smallest absolute Gasteiger partial charge is 0.241 e. The van der Waals surface area contributed by atoms with Gasteiger partial charge in [-0.1, -0.05) is 0 Å². The highest BCUT2D eigenvalue weighted by Crippen LogP contribution is 2.16. The number of anilines is 1. The molecule has 3 N–H and O–H groups in total. The number of hydrogen-bond acceptors (Lipinski definition) is 5. The van der Waals surface area contributed by atoms with Gasteiger partial charge in [-0.05, 0) is 18.2 Å². The van der Waals surface area contributed by atoms with Crippen LogP contribution in [0.5, 0.6) is 0 Å². The van der Waals surface area contributed by atoms with Gasteiger partial charge in [0.05, 0.1) is 17.1 Å². The number of hydrogen-bond donors (Lipinski definition) is 2. The van der Waals surface area contributed by atoms with Gasteiger partial charge in [-0.15, -0.1) is 10.2 Å². The van der Waals surface area contributed by atoms with Crippen molar-refractivity contribution >= 4 is 15.7 Å². The molecule has 0 aliphatic heterocycles. The first-order valence-electron chi connectivity index (χ1n) is 5.28. The highest BCUT2D eigenvalue weighted by molar-refractivity contribution is 7.89. The van der Waals surface area contributed by atoms with Gasteiger partial charge in [0.25, 0.3) is 0 Å². The number of nitrogen functional groups attached to an aromatic ring is 1. The Hall–Kier alpha value is -2.00. The van der Waals surface area contributed by atoms with Crippen LogP contribution in [-0.4, -0.2) is 23.2 Å². The number of nitrogens with zero attached hydrogens (tertiary/aromatic N) is 3. The fraction of sp³-hybridized carbons (Fsp3) is 0.200. The molecule has 0 aliphatic rings. The third-order valence-corrected chi connectivity index (χ3v) is 3.91. The molecular weight excluding hydrogens is 273 g/mol. The van der Waals surface area contributed by atoms with E-state index in [0.717, 1.165) is 6.07 Å². The third-order valence-electron chi connectivity index (χ3n) is 2.51. The summed E-state index contributed by atoms with van der Waals surface area (Å²) in [4.78, 5) is -0.193. The summed E-state index contributed by atoms with van der Waals surface area (Å²) in [5, 5.41) is 7.36. The second kappa shape index (κ2) is 4.94. The van der Waals surface area contributed by atoms with E-state index in [1.165, 1.54) is 18.5 Å². The molecule has 0 spiro atoms. The van der Waals surface area contributed by atoms with Crippen LogP contribution >= 0.6 is 0 Å². The summed E-state index contributed by atoms with van der Waals surface area (Å²) in [7, 11) is -2.13. The molecule has 0 aliphatic carbocycles. The molecule has 19 heavy (non-hydrogen) atoms. The molecule has 0 saturated heterocycles. The maximum atomic E-state index is 13.2. The molecule has 7 nitrogen and oxygen atoms in total. The van der Waals surface area contributed by atoms with Crippen molar-refractivity contribution in [3.05, 3.63) is 36.2 Å². The molecule has 0 fully saturated rings. The zero-order chi connectivity index (χ0) is 14.0. The van der Waals surface area contributed by atoms with Crippen LogP contribution in [0.25, 0.3) is 0 Å². The van der Waals surface area contributed by atoms with Crippen molar-refractivity contribution in [1.29, 1.82) is 0 Å². The van der Waals surface area contributed by atoms with E-state index in [0.29, 0.717) is 5.82 Å². The number of benzene rings is 1. The number of nitrogens with two attached hydrogens (primary N) is 1. The first-order valence-corrected chi connectivity index (χ1v) is 6.76. The van der Waals surface area contributed by atoms with Crippen molar-refractivity contribution in [2.75, 3.05) is 5.73 Å². The van der Waals surface area contributed by atoms with Gasteiger partial charge in [0, 0.05) is 7.05 Å². The minimum atomic E-state index is -3.82. The minimum absolute atomic E-state index is 0.0369. The molecule has 0 amide bonds. The van der Waals surface area contributed by atoms with Crippen LogP contribution in [0, 0.1) is 5.82 Å². The predicted octanol–water partition coefficient (Wildman–Crippen LogP) is 0.0149. The van der Waals surface area contributed by atoms with Gasteiger partial charge in [0.2, 0.25) is 10.0 Å². The van der Waals surface area contributed by atoms with E-state index in [9.17, 15) is 12.8 Å². The Kier molecular flexibility index (Phi) is 3.49. The highest BCUT2D eigenvalue weighted by atomic mass is 32.2. The summed E-state index contributed by atoms with van der Waals surface area (Å²) in [6, 6.07) is 3.30. The lowest BCUT2D eigenvalue weighted by atomic mass is 10.3. The molecule has 0 unspecified atom stereocenters. The average molecular weight is 285 g/mol. The second-order valence-corrected chi connectivity index (χ2v) is 5.63. The Balaban J connectivity index is 2.18. The van der Waals surface area contributed by atoms with Crippen LogP contribution in [0.4, 0.5) is 10.1 Å². The van der Waals surface area contributed by atoms with E-state index >= 15 is 0 Å².